The highest BCUT2D eigenvalue weighted by atomic mass is 32.2. The molecule has 0 saturated carbocycles. The van der Waals surface area contributed by atoms with Crippen LogP contribution in [0.2, 0.25) is 0 Å². The Morgan fingerprint density at radius 2 is 2.12 bits per heavy atom. The van der Waals surface area contributed by atoms with Crippen LogP contribution in [0.1, 0.15) is 19.4 Å². The molecule has 1 unspecified atom stereocenters. The summed E-state index contributed by atoms with van der Waals surface area (Å²) in [7, 11) is 0. The van der Waals surface area contributed by atoms with Crippen molar-refractivity contribution in [2.24, 2.45) is 5.92 Å². The molecule has 0 radical (unpaired) electrons. The topological polar surface area (TPSA) is 69.5 Å². The highest BCUT2D eigenvalue weighted by Gasteiger charge is 2.49. The number of imide groups is 1. The van der Waals surface area contributed by atoms with Gasteiger partial charge in [-0.05, 0) is 42.0 Å². The Hall–Kier alpha value is -2.41. The third-order valence-electron chi connectivity index (χ3n) is 4.14. The number of nitrogens with one attached hydrogen (secondary N) is 1. The van der Waals surface area contributed by atoms with E-state index in [-0.39, 0.29) is 24.3 Å². The molecule has 0 bridgehead atoms. The van der Waals surface area contributed by atoms with Crippen molar-refractivity contribution in [3.63, 3.8) is 0 Å². The molecule has 26 heavy (non-hydrogen) atoms. The summed E-state index contributed by atoms with van der Waals surface area (Å²) < 4.78 is 1.41. The van der Waals surface area contributed by atoms with E-state index in [0.29, 0.717) is 17.9 Å². The van der Waals surface area contributed by atoms with Gasteiger partial charge in [-0.1, -0.05) is 26.0 Å². The number of fused-ring (bicyclic) bond motifs is 1. The van der Waals surface area contributed by atoms with Gasteiger partial charge in [0.1, 0.15) is 5.71 Å². The largest absolute Gasteiger partial charge is 0.501 e. The number of hydrogen-bond acceptors (Lipinski definition) is 4. The number of thioether (sulfide) groups is 1. The summed E-state index contributed by atoms with van der Waals surface area (Å²) in [6.45, 7) is 6.08. The van der Waals surface area contributed by atoms with Gasteiger partial charge in [0.2, 0.25) is 0 Å². The van der Waals surface area contributed by atoms with Crippen molar-refractivity contribution in [3.8, 4) is 0 Å². The summed E-state index contributed by atoms with van der Waals surface area (Å²) in [6.07, 6.45) is 1.75. The van der Waals surface area contributed by atoms with Crippen LogP contribution < -0.4 is 5.32 Å². The summed E-state index contributed by atoms with van der Waals surface area (Å²) in [4.78, 5) is 39.2. The minimum absolute atomic E-state index is 0.120. The second-order valence-corrected chi connectivity index (χ2v) is 7.89. The summed E-state index contributed by atoms with van der Waals surface area (Å²) in [5.74, 6) is -0.338. The fraction of sp³-hybridized carbons (Fsp3) is 0.368. The Morgan fingerprint density at radius 1 is 1.35 bits per heavy atom. The molecule has 6 nitrogen and oxygen atoms in total. The number of hydrogen-bond donors (Lipinski definition) is 1. The van der Waals surface area contributed by atoms with E-state index in [1.807, 2.05) is 39.0 Å². The number of urea groups is 1. The molecular weight excluding hydrogens is 350 g/mol. The van der Waals surface area contributed by atoms with Gasteiger partial charge in [-0.2, -0.15) is 14.3 Å². The van der Waals surface area contributed by atoms with Crippen LogP contribution in [0.4, 0.5) is 10.5 Å². The maximum Gasteiger partial charge on any atom is 0.501 e. The van der Waals surface area contributed by atoms with Crippen molar-refractivity contribution in [2.75, 3.05) is 18.4 Å². The number of allylic oxidation sites excluding steroid dienone is 1. The Morgan fingerprint density at radius 3 is 2.81 bits per heavy atom. The molecule has 3 rings (SSSR count). The minimum atomic E-state index is -0.446. The number of nitrogens with zero attached hydrogens (tertiary/aromatic N) is 2. The van der Waals surface area contributed by atoms with E-state index in [0.717, 1.165) is 5.56 Å². The minimum Gasteiger partial charge on any atom is -0.323 e. The number of benzene rings is 1. The van der Waals surface area contributed by atoms with Gasteiger partial charge in [0, 0.05) is 5.69 Å². The van der Waals surface area contributed by atoms with E-state index in [9.17, 15) is 14.4 Å². The van der Waals surface area contributed by atoms with Gasteiger partial charge < -0.3 is 5.32 Å². The lowest BCUT2D eigenvalue weighted by atomic mass is 10.1. The highest BCUT2D eigenvalue weighted by Crippen LogP contribution is 2.28. The van der Waals surface area contributed by atoms with Crippen LogP contribution in [-0.2, 0) is 9.59 Å². The lowest BCUT2D eigenvalue weighted by molar-refractivity contribution is -0.426. The molecule has 2 heterocycles. The van der Waals surface area contributed by atoms with E-state index in [4.69, 9.17) is 0 Å². The third-order valence-corrected chi connectivity index (χ3v) is 5.15. The van der Waals surface area contributed by atoms with Gasteiger partial charge >= 0.3 is 11.9 Å². The van der Waals surface area contributed by atoms with Gasteiger partial charge in [0.25, 0.3) is 5.91 Å². The van der Waals surface area contributed by atoms with Crippen LogP contribution in [0.25, 0.3) is 0 Å². The van der Waals surface area contributed by atoms with Crippen LogP contribution in [0.5, 0.6) is 0 Å². The molecule has 0 aliphatic carbocycles. The van der Waals surface area contributed by atoms with Crippen LogP contribution in [0.3, 0.4) is 0 Å². The van der Waals surface area contributed by atoms with Gasteiger partial charge in [-0.15, -0.1) is 11.8 Å². The van der Waals surface area contributed by atoms with Crippen LogP contribution in [0, 0.1) is 12.8 Å². The Labute approximate surface area is 156 Å². The van der Waals surface area contributed by atoms with Crippen molar-refractivity contribution in [3.05, 3.63) is 41.3 Å². The lowest BCUT2D eigenvalue weighted by Crippen LogP contribution is -2.57. The molecule has 7 heteroatoms. The molecule has 136 valence electrons. The number of carbonyl (C=O) groups is 3. The van der Waals surface area contributed by atoms with Crippen molar-refractivity contribution >= 4 is 41.0 Å². The summed E-state index contributed by atoms with van der Waals surface area (Å²) >= 11 is 1.37. The molecule has 1 aromatic carbocycles. The van der Waals surface area contributed by atoms with Gasteiger partial charge in [0.15, 0.2) is 11.8 Å². The predicted octanol–water partition coefficient (Wildman–Crippen LogP) is 2.63. The second kappa shape index (κ2) is 7.45. The normalized spacial score (nSPS) is 19.4. The molecule has 1 atom stereocenters. The molecule has 1 aromatic rings. The average Bonchev–Trinajstić information content (AvgIpc) is 3.05. The zero-order valence-corrected chi connectivity index (χ0v) is 15.9. The zero-order chi connectivity index (χ0) is 18.8. The highest BCUT2D eigenvalue weighted by molar-refractivity contribution is 8.04. The molecular formula is C19H22N3O3S+. The first kappa shape index (κ1) is 18.4. The van der Waals surface area contributed by atoms with E-state index < -0.39 is 11.3 Å². The fourth-order valence-electron chi connectivity index (χ4n) is 3.01. The number of rotatable bonds is 5. The first-order valence-electron chi connectivity index (χ1n) is 8.55. The van der Waals surface area contributed by atoms with E-state index in [1.54, 1.807) is 17.6 Å². The van der Waals surface area contributed by atoms with Crippen LogP contribution in [-0.4, -0.2) is 51.4 Å². The molecule has 0 spiro atoms. The lowest BCUT2D eigenvalue weighted by Gasteiger charge is -2.25. The number of anilines is 1. The molecule has 4 amide bonds. The molecule has 0 aromatic heterocycles. The van der Waals surface area contributed by atoms with Crippen molar-refractivity contribution in [1.82, 2.24) is 4.90 Å². The maximum absolute atomic E-state index is 12.8. The second-order valence-electron chi connectivity index (χ2n) is 6.87. The average molecular weight is 372 g/mol. The Balaban J connectivity index is 1.83. The summed E-state index contributed by atoms with van der Waals surface area (Å²) in [5, 5.41) is 4.17. The van der Waals surface area contributed by atoms with Crippen molar-refractivity contribution in [1.29, 1.82) is 0 Å². The fourth-order valence-corrected chi connectivity index (χ4v) is 3.98. The SMILES string of the molecule is Cc1cccc(NC(=O)C[N+]2=C3C=CSC3C(=O)N(CC(C)C)C2=O)c1. The Bertz CT molecular complexity index is 829. The molecule has 1 N–H and O–H groups in total. The van der Waals surface area contributed by atoms with Crippen LogP contribution in [0.15, 0.2) is 35.7 Å². The van der Waals surface area contributed by atoms with Crippen LogP contribution >= 0.6 is 11.8 Å². The number of carbonyl (C=O) groups excluding carboxylic acids is 3. The smallest absolute Gasteiger partial charge is 0.323 e. The van der Waals surface area contributed by atoms with Gasteiger partial charge in [-0.3, -0.25) is 4.79 Å². The van der Waals surface area contributed by atoms with E-state index in [1.165, 1.54) is 21.2 Å². The van der Waals surface area contributed by atoms with Gasteiger partial charge in [0.05, 0.1) is 6.54 Å². The van der Waals surface area contributed by atoms with Crippen molar-refractivity contribution < 1.29 is 19.0 Å². The predicted molar refractivity (Wildman–Crippen MR) is 102 cm³/mol. The summed E-state index contributed by atoms with van der Waals surface area (Å²) in [5.41, 5.74) is 2.31. The molecule has 2 aliphatic heterocycles. The number of aryl methyl sites for hydroxylation is 1. The molecule has 0 fully saturated rings. The van der Waals surface area contributed by atoms with Crippen molar-refractivity contribution in [2.45, 2.75) is 26.0 Å². The molecule has 0 saturated heterocycles. The summed E-state index contributed by atoms with van der Waals surface area (Å²) in [6, 6.07) is 7.05. The monoisotopic (exact) mass is 372 g/mol. The first-order valence-corrected chi connectivity index (χ1v) is 9.49. The number of amides is 4. The van der Waals surface area contributed by atoms with Gasteiger partial charge in [-0.25, -0.2) is 4.79 Å². The zero-order valence-electron chi connectivity index (χ0n) is 15.1. The molecule has 2 aliphatic rings. The quantitative estimate of drug-likeness (QED) is 0.807. The first-order chi connectivity index (χ1) is 12.4. The Kier molecular flexibility index (Phi) is 5.27. The van der Waals surface area contributed by atoms with E-state index >= 15 is 0 Å². The maximum atomic E-state index is 12.8. The van der Waals surface area contributed by atoms with E-state index in [2.05, 4.69) is 5.32 Å². The standard InChI is InChI=1S/C19H21N3O3S/c1-12(2)10-22-18(24)17-15(7-8-26-17)21(19(22)25)11-16(23)20-14-6-4-5-13(3)9-14/h4-9,12,17H,10-11H2,1-3H3/p+1. The third kappa shape index (κ3) is 3.72.